The van der Waals surface area contributed by atoms with Gasteiger partial charge in [-0.1, -0.05) is 6.92 Å². The van der Waals surface area contributed by atoms with Gasteiger partial charge in [0, 0.05) is 19.6 Å². The molecular weight excluding hydrogens is 152 g/mol. The van der Waals surface area contributed by atoms with Crippen molar-refractivity contribution in [2.75, 3.05) is 26.4 Å². The van der Waals surface area contributed by atoms with E-state index in [0.717, 1.165) is 32.5 Å². The summed E-state index contributed by atoms with van der Waals surface area (Å²) < 4.78 is 10.5. The van der Waals surface area contributed by atoms with Crippen LogP contribution in [0.3, 0.4) is 0 Å². The molecule has 0 aromatic carbocycles. The highest BCUT2D eigenvalue weighted by Crippen LogP contribution is 1.88. The Morgan fingerprint density at radius 2 is 1.75 bits per heavy atom. The van der Waals surface area contributed by atoms with Crippen LogP contribution in [-0.4, -0.2) is 26.4 Å². The molecule has 2 heteroatoms. The number of hydrogen-bond acceptors (Lipinski definition) is 2. The van der Waals surface area contributed by atoms with Gasteiger partial charge in [-0.25, -0.2) is 0 Å². The smallest absolute Gasteiger partial charge is 0.0700 e. The van der Waals surface area contributed by atoms with Crippen molar-refractivity contribution in [1.82, 2.24) is 0 Å². The van der Waals surface area contributed by atoms with Crippen LogP contribution in [0.4, 0.5) is 0 Å². The summed E-state index contributed by atoms with van der Waals surface area (Å²) in [5.74, 6) is 2.57. The van der Waals surface area contributed by atoms with Crippen molar-refractivity contribution in [2.45, 2.75) is 26.2 Å². The Labute approximate surface area is 75.3 Å². The van der Waals surface area contributed by atoms with Crippen LogP contribution >= 0.6 is 0 Å². The standard InChI is InChI=1S/C10H18O2/c1-3-5-6-8-12-10-9-11-7-4-2/h1H,4-10H2,2H3. The van der Waals surface area contributed by atoms with Gasteiger partial charge in [0.1, 0.15) is 0 Å². The molecule has 0 saturated carbocycles. The first-order chi connectivity index (χ1) is 5.91. The summed E-state index contributed by atoms with van der Waals surface area (Å²) in [6.07, 6.45) is 7.90. The minimum absolute atomic E-state index is 0.685. The first kappa shape index (κ1) is 11.5. The van der Waals surface area contributed by atoms with Gasteiger partial charge in [0.05, 0.1) is 13.2 Å². The molecule has 0 saturated heterocycles. The maximum Gasteiger partial charge on any atom is 0.0700 e. The third kappa shape index (κ3) is 9.48. The molecule has 2 nitrogen and oxygen atoms in total. The van der Waals surface area contributed by atoms with Gasteiger partial charge in [-0.2, -0.15) is 0 Å². The van der Waals surface area contributed by atoms with E-state index in [1.54, 1.807) is 0 Å². The third-order valence-electron chi connectivity index (χ3n) is 1.33. The lowest BCUT2D eigenvalue weighted by atomic mass is 10.3. The van der Waals surface area contributed by atoms with E-state index in [0.29, 0.717) is 13.2 Å². The van der Waals surface area contributed by atoms with Gasteiger partial charge in [0.15, 0.2) is 0 Å². The normalized spacial score (nSPS) is 9.67. The molecule has 0 aromatic heterocycles. The summed E-state index contributed by atoms with van der Waals surface area (Å²) in [5.41, 5.74) is 0. The molecule has 0 atom stereocenters. The van der Waals surface area contributed by atoms with E-state index in [2.05, 4.69) is 12.8 Å². The van der Waals surface area contributed by atoms with E-state index >= 15 is 0 Å². The van der Waals surface area contributed by atoms with Crippen LogP contribution in [0.15, 0.2) is 0 Å². The average molecular weight is 170 g/mol. The lowest BCUT2D eigenvalue weighted by Crippen LogP contribution is -2.05. The minimum atomic E-state index is 0.685. The Hall–Kier alpha value is -0.520. The molecule has 0 heterocycles. The number of hydrogen-bond donors (Lipinski definition) is 0. The molecule has 0 fully saturated rings. The van der Waals surface area contributed by atoms with Crippen LogP contribution in [0.25, 0.3) is 0 Å². The van der Waals surface area contributed by atoms with E-state index in [1.165, 1.54) is 0 Å². The lowest BCUT2D eigenvalue weighted by Gasteiger charge is -2.03. The molecule has 0 amide bonds. The maximum absolute atomic E-state index is 5.26. The summed E-state index contributed by atoms with van der Waals surface area (Å²) in [6, 6.07) is 0. The fourth-order valence-corrected chi connectivity index (χ4v) is 0.743. The fourth-order valence-electron chi connectivity index (χ4n) is 0.743. The van der Waals surface area contributed by atoms with Crippen LogP contribution in [0.2, 0.25) is 0 Å². The second-order valence-corrected chi connectivity index (χ2v) is 2.53. The molecule has 0 aliphatic carbocycles. The summed E-state index contributed by atoms with van der Waals surface area (Å²) >= 11 is 0. The summed E-state index contributed by atoms with van der Waals surface area (Å²) in [4.78, 5) is 0. The van der Waals surface area contributed by atoms with Crippen LogP contribution in [-0.2, 0) is 9.47 Å². The van der Waals surface area contributed by atoms with Gasteiger partial charge in [0.2, 0.25) is 0 Å². The molecule has 0 spiro atoms. The lowest BCUT2D eigenvalue weighted by molar-refractivity contribution is 0.0475. The monoisotopic (exact) mass is 170 g/mol. The fraction of sp³-hybridized carbons (Fsp3) is 0.800. The van der Waals surface area contributed by atoms with Gasteiger partial charge < -0.3 is 9.47 Å². The Morgan fingerprint density at radius 1 is 1.08 bits per heavy atom. The molecule has 0 aromatic rings. The van der Waals surface area contributed by atoms with Crippen molar-refractivity contribution in [2.24, 2.45) is 0 Å². The van der Waals surface area contributed by atoms with Crippen LogP contribution in [0.5, 0.6) is 0 Å². The Morgan fingerprint density at radius 3 is 2.33 bits per heavy atom. The van der Waals surface area contributed by atoms with Crippen LogP contribution in [0.1, 0.15) is 26.2 Å². The van der Waals surface area contributed by atoms with Gasteiger partial charge in [0.25, 0.3) is 0 Å². The highest BCUT2D eigenvalue weighted by atomic mass is 16.5. The van der Waals surface area contributed by atoms with Gasteiger partial charge in [-0.15, -0.1) is 12.3 Å². The Balaban J connectivity index is 2.78. The summed E-state index contributed by atoms with van der Waals surface area (Å²) in [5, 5.41) is 0. The maximum atomic E-state index is 5.26. The number of unbranched alkanes of at least 4 members (excludes halogenated alkanes) is 1. The minimum Gasteiger partial charge on any atom is -0.379 e. The van der Waals surface area contributed by atoms with E-state index in [-0.39, 0.29) is 0 Å². The largest absolute Gasteiger partial charge is 0.379 e. The molecule has 70 valence electrons. The second kappa shape index (κ2) is 10.5. The highest BCUT2D eigenvalue weighted by molar-refractivity contribution is 4.82. The average Bonchev–Trinajstić information content (AvgIpc) is 2.10. The topological polar surface area (TPSA) is 18.5 Å². The zero-order valence-electron chi connectivity index (χ0n) is 7.84. The van der Waals surface area contributed by atoms with Gasteiger partial charge in [-0.3, -0.25) is 0 Å². The van der Waals surface area contributed by atoms with E-state index in [1.807, 2.05) is 0 Å². The molecule has 0 radical (unpaired) electrons. The van der Waals surface area contributed by atoms with Crippen molar-refractivity contribution >= 4 is 0 Å². The Bertz CT molecular complexity index is 115. The first-order valence-electron chi connectivity index (χ1n) is 4.50. The molecule has 0 aliphatic rings. The summed E-state index contributed by atoms with van der Waals surface area (Å²) in [6.45, 7) is 5.05. The zero-order valence-corrected chi connectivity index (χ0v) is 7.84. The molecule has 0 N–H and O–H groups in total. The molecule has 0 unspecified atom stereocenters. The molecular formula is C10H18O2. The SMILES string of the molecule is C#CCCCOCCOCCC. The van der Waals surface area contributed by atoms with Crippen molar-refractivity contribution in [3.63, 3.8) is 0 Å². The predicted octanol–water partition coefficient (Wildman–Crippen LogP) is 1.84. The van der Waals surface area contributed by atoms with Gasteiger partial charge >= 0.3 is 0 Å². The molecule has 0 aliphatic heterocycles. The van der Waals surface area contributed by atoms with E-state index in [4.69, 9.17) is 15.9 Å². The van der Waals surface area contributed by atoms with Crippen molar-refractivity contribution in [1.29, 1.82) is 0 Å². The first-order valence-corrected chi connectivity index (χ1v) is 4.50. The van der Waals surface area contributed by atoms with Crippen molar-refractivity contribution in [3.8, 4) is 12.3 Å². The summed E-state index contributed by atoms with van der Waals surface area (Å²) in [7, 11) is 0. The second-order valence-electron chi connectivity index (χ2n) is 2.53. The number of ether oxygens (including phenoxy) is 2. The quantitative estimate of drug-likeness (QED) is 0.409. The van der Waals surface area contributed by atoms with Crippen LogP contribution < -0.4 is 0 Å². The highest BCUT2D eigenvalue weighted by Gasteiger charge is 1.88. The zero-order chi connectivity index (χ0) is 9.07. The molecule has 12 heavy (non-hydrogen) atoms. The molecule has 0 bridgehead atoms. The van der Waals surface area contributed by atoms with Crippen molar-refractivity contribution < 1.29 is 9.47 Å². The van der Waals surface area contributed by atoms with E-state index < -0.39 is 0 Å². The van der Waals surface area contributed by atoms with Gasteiger partial charge in [-0.05, 0) is 12.8 Å². The third-order valence-corrected chi connectivity index (χ3v) is 1.33. The predicted molar refractivity (Wildman–Crippen MR) is 50.0 cm³/mol. The van der Waals surface area contributed by atoms with Crippen molar-refractivity contribution in [3.05, 3.63) is 0 Å². The van der Waals surface area contributed by atoms with E-state index in [9.17, 15) is 0 Å². The van der Waals surface area contributed by atoms with Crippen LogP contribution in [0, 0.1) is 12.3 Å². The Kier molecular flexibility index (Phi) is 10.0. The molecule has 0 rings (SSSR count). The number of rotatable bonds is 8. The number of terminal acetylenes is 1.